The Morgan fingerprint density at radius 3 is 2.27 bits per heavy atom. The Kier molecular flexibility index (Phi) is 6.99. The summed E-state index contributed by atoms with van der Waals surface area (Å²) < 4.78 is 11.5. The van der Waals surface area contributed by atoms with Gasteiger partial charge in [0.1, 0.15) is 5.25 Å². The van der Waals surface area contributed by atoms with Crippen LogP contribution < -0.4 is 5.32 Å². The normalized spacial score (nSPS) is 14.3. The lowest BCUT2D eigenvalue weighted by molar-refractivity contribution is -0.136. The van der Waals surface area contributed by atoms with Crippen molar-refractivity contribution in [2.24, 2.45) is 0 Å². The number of nitrogens with one attached hydrogen (secondary N) is 1. The number of hydrogen-bond donors (Lipinski definition) is 2. The van der Waals surface area contributed by atoms with E-state index in [0.717, 1.165) is 22.2 Å². The van der Waals surface area contributed by atoms with E-state index in [1.165, 1.54) is 0 Å². The molecule has 0 aliphatic heterocycles. The van der Waals surface area contributed by atoms with Gasteiger partial charge < -0.3 is 10.4 Å². The molecule has 0 radical (unpaired) electrons. The summed E-state index contributed by atoms with van der Waals surface area (Å²) in [5.41, 5.74) is 1.35. The molecule has 2 N–H and O–H groups in total. The van der Waals surface area contributed by atoms with Crippen LogP contribution in [0.1, 0.15) is 35.8 Å². The summed E-state index contributed by atoms with van der Waals surface area (Å²) in [6.07, 6.45) is 1.62. The quantitative estimate of drug-likeness (QED) is 0.706. The highest BCUT2D eigenvalue weighted by Crippen LogP contribution is 2.27. The largest absolute Gasteiger partial charge is 0.480 e. The van der Waals surface area contributed by atoms with Crippen molar-refractivity contribution >= 4 is 34.4 Å². The van der Waals surface area contributed by atoms with Crippen molar-refractivity contribution in [1.29, 1.82) is 0 Å². The minimum absolute atomic E-state index is 0.239. The van der Waals surface area contributed by atoms with Crippen molar-refractivity contribution in [3.05, 3.63) is 59.7 Å². The van der Waals surface area contributed by atoms with Crippen LogP contribution in [0, 0.1) is 0 Å². The highest BCUT2D eigenvalue weighted by molar-refractivity contribution is 8.00. The van der Waals surface area contributed by atoms with Crippen molar-refractivity contribution in [1.82, 2.24) is 5.32 Å². The van der Waals surface area contributed by atoms with Crippen molar-refractivity contribution < 1.29 is 18.9 Å². The molecule has 0 saturated heterocycles. The molecule has 0 aliphatic carbocycles. The number of hydrogen-bond acceptors (Lipinski definition) is 4. The third kappa shape index (κ3) is 5.19. The predicted molar refractivity (Wildman–Crippen MR) is 104 cm³/mol. The van der Waals surface area contributed by atoms with E-state index in [4.69, 9.17) is 5.11 Å². The molecule has 3 unspecified atom stereocenters. The second kappa shape index (κ2) is 9.00. The molecule has 1 amide bonds. The summed E-state index contributed by atoms with van der Waals surface area (Å²) in [5.74, 6) is -1.19. The SMILES string of the molecule is CC(Sc1ccccc1C(=O)NC(C)c1ccc(S(C)=O)cc1)C(=O)O. The second-order valence-electron chi connectivity index (χ2n) is 5.81. The first-order valence-electron chi connectivity index (χ1n) is 8.02. The molecule has 2 rings (SSSR count). The summed E-state index contributed by atoms with van der Waals surface area (Å²) in [7, 11) is -1.04. The van der Waals surface area contributed by atoms with Gasteiger partial charge in [-0.25, -0.2) is 0 Å². The summed E-state index contributed by atoms with van der Waals surface area (Å²) in [4.78, 5) is 25.1. The number of amides is 1. The predicted octanol–water partition coefficient (Wildman–Crippen LogP) is 3.48. The fourth-order valence-electron chi connectivity index (χ4n) is 2.30. The average molecular weight is 392 g/mol. The smallest absolute Gasteiger partial charge is 0.316 e. The Morgan fingerprint density at radius 1 is 1.08 bits per heavy atom. The topological polar surface area (TPSA) is 83.5 Å². The minimum Gasteiger partial charge on any atom is -0.480 e. The Hall–Kier alpha value is -2.12. The molecule has 7 heteroatoms. The van der Waals surface area contributed by atoms with E-state index in [-0.39, 0.29) is 11.9 Å². The van der Waals surface area contributed by atoms with Gasteiger partial charge >= 0.3 is 5.97 Å². The number of carbonyl (C=O) groups excluding carboxylic acids is 1. The second-order valence-corrected chi connectivity index (χ2v) is 8.58. The van der Waals surface area contributed by atoms with E-state index >= 15 is 0 Å². The maximum absolute atomic E-state index is 12.7. The minimum atomic E-state index is -1.04. The van der Waals surface area contributed by atoms with Gasteiger partial charge in [0.15, 0.2) is 0 Å². The lowest BCUT2D eigenvalue weighted by Crippen LogP contribution is -2.27. The number of thioether (sulfide) groups is 1. The highest BCUT2D eigenvalue weighted by atomic mass is 32.2. The molecule has 0 heterocycles. The molecule has 0 aliphatic rings. The van der Waals surface area contributed by atoms with E-state index in [0.29, 0.717) is 10.5 Å². The zero-order valence-electron chi connectivity index (χ0n) is 14.8. The van der Waals surface area contributed by atoms with Crippen molar-refractivity contribution in [2.75, 3.05) is 6.26 Å². The Morgan fingerprint density at radius 2 is 1.69 bits per heavy atom. The molecule has 5 nitrogen and oxygen atoms in total. The van der Waals surface area contributed by atoms with Gasteiger partial charge in [0.05, 0.1) is 11.6 Å². The number of carboxylic acid groups (broad SMARTS) is 1. The Bertz CT molecular complexity index is 821. The van der Waals surface area contributed by atoms with E-state index in [1.807, 2.05) is 19.1 Å². The molecule has 0 saturated carbocycles. The highest BCUT2D eigenvalue weighted by Gasteiger charge is 2.19. The van der Waals surface area contributed by atoms with Crippen LogP contribution in [-0.2, 0) is 15.6 Å². The standard InChI is InChI=1S/C19H21NO4S2/c1-12(14-8-10-15(11-9-14)26(3)24)20-18(21)16-6-4-5-7-17(16)25-13(2)19(22)23/h4-13H,1-3H3,(H,20,21)(H,22,23). The summed E-state index contributed by atoms with van der Waals surface area (Å²) in [6.45, 7) is 3.45. The van der Waals surface area contributed by atoms with Gasteiger partial charge in [0.25, 0.3) is 5.91 Å². The Balaban J connectivity index is 2.14. The molecule has 3 atom stereocenters. The van der Waals surface area contributed by atoms with E-state index in [2.05, 4.69) is 5.32 Å². The van der Waals surface area contributed by atoms with Crippen LogP contribution in [0.4, 0.5) is 0 Å². The van der Waals surface area contributed by atoms with Gasteiger partial charge in [-0.3, -0.25) is 13.8 Å². The molecule has 0 bridgehead atoms. The maximum Gasteiger partial charge on any atom is 0.316 e. The first-order chi connectivity index (χ1) is 12.3. The van der Waals surface area contributed by atoms with Crippen molar-refractivity contribution in [2.45, 2.75) is 34.9 Å². The summed E-state index contributed by atoms with van der Waals surface area (Å²) >= 11 is 1.14. The van der Waals surface area contributed by atoms with Gasteiger partial charge in [0.2, 0.25) is 0 Å². The van der Waals surface area contributed by atoms with Crippen LogP contribution in [0.2, 0.25) is 0 Å². The summed E-state index contributed by atoms with van der Waals surface area (Å²) in [5, 5.41) is 11.4. The molecule has 0 fully saturated rings. The number of carbonyl (C=O) groups is 2. The van der Waals surface area contributed by atoms with E-state index in [9.17, 15) is 13.8 Å². The first-order valence-corrected chi connectivity index (χ1v) is 10.5. The average Bonchev–Trinajstić information content (AvgIpc) is 2.61. The van der Waals surface area contributed by atoms with Crippen LogP contribution in [0.5, 0.6) is 0 Å². The van der Waals surface area contributed by atoms with Crippen molar-refractivity contribution in [3.63, 3.8) is 0 Å². The van der Waals surface area contributed by atoms with E-state index in [1.54, 1.807) is 49.6 Å². The van der Waals surface area contributed by atoms with Gasteiger partial charge in [-0.2, -0.15) is 0 Å². The number of carboxylic acids is 1. The van der Waals surface area contributed by atoms with Crippen LogP contribution in [0.3, 0.4) is 0 Å². The molecular formula is C19H21NO4S2. The maximum atomic E-state index is 12.7. The fraction of sp³-hybridized carbons (Fsp3) is 0.263. The first kappa shape index (κ1) is 20.2. The summed E-state index contributed by atoms with van der Waals surface area (Å²) in [6, 6.07) is 14.0. The molecule has 0 spiro atoms. The third-order valence-electron chi connectivity index (χ3n) is 3.84. The lowest BCUT2D eigenvalue weighted by Gasteiger charge is -2.17. The van der Waals surface area contributed by atoms with Crippen LogP contribution in [-0.4, -0.2) is 32.7 Å². The molecule has 26 heavy (non-hydrogen) atoms. The number of aliphatic carboxylic acids is 1. The monoisotopic (exact) mass is 391 g/mol. The molecule has 2 aromatic carbocycles. The van der Waals surface area contributed by atoms with Crippen LogP contribution in [0.25, 0.3) is 0 Å². The molecule has 2 aromatic rings. The van der Waals surface area contributed by atoms with Gasteiger partial charge in [-0.05, 0) is 43.7 Å². The zero-order valence-corrected chi connectivity index (χ0v) is 16.4. The number of rotatable bonds is 7. The zero-order chi connectivity index (χ0) is 19.3. The lowest BCUT2D eigenvalue weighted by atomic mass is 10.1. The number of benzene rings is 2. The third-order valence-corrected chi connectivity index (χ3v) is 5.94. The van der Waals surface area contributed by atoms with Crippen LogP contribution >= 0.6 is 11.8 Å². The van der Waals surface area contributed by atoms with Gasteiger partial charge in [-0.1, -0.05) is 24.3 Å². The fourth-order valence-corrected chi connectivity index (χ4v) is 3.75. The van der Waals surface area contributed by atoms with Crippen LogP contribution in [0.15, 0.2) is 58.3 Å². The Labute approximate surface area is 159 Å². The van der Waals surface area contributed by atoms with Gasteiger partial charge in [-0.15, -0.1) is 11.8 Å². The molecular weight excluding hydrogens is 370 g/mol. The van der Waals surface area contributed by atoms with Crippen molar-refractivity contribution in [3.8, 4) is 0 Å². The van der Waals surface area contributed by atoms with E-state index < -0.39 is 22.0 Å². The van der Waals surface area contributed by atoms with Gasteiger partial charge in [0, 0.05) is 26.8 Å². The molecule has 0 aromatic heterocycles. The molecule has 138 valence electrons.